The Balaban J connectivity index is 3.73. The maximum atomic E-state index is 11.1. The molecule has 1 N–H and O–H groups in total. The Labute approximate surface area is 69.7 Å². The molecule has 0 atom stereocenters. The molecular weight excluding hydrogens is 160 g/mol. The van der Waals surface area contributed by atoms with E-state index in [1.807, 2.05) is 14.0 Å². The fraction of sp³-hybridized carbons (Fsp3) is 0.429. The summed E-state index contributed by atoms with van der Waals surface area (Å²) in [5, 5.41) is 0. The van der Waals surface area contributed by atoms with Crippen LogP contribution in [0.1, 0.15) is 11.3 Å². The first kappa shape index (κ1) is 8.20. The van der Waals surface area contributed by atoms with Crippen LogP contribution < -0.4 is 5.56 Å². The lowest BCUT2D eigenvalue weighted by molar-refractivity contribution is 0.781. The van der Waals surface area contributed by atoms with Crippen molar-refractivity contribution in [3.8, 4) is 0 Å². The molecule has 0 saturated heterocycles. The molecular formula is C7H10N2OS. The Morgan fingerprint density at radius 1 is 1.45 bits per heavy atom. The number of H-pyrrole nitrogens is 1. The number of aromatic amines is 1. The van der Waals surface area contributed by atoms with E-state index in [1.165, 1.54) is 0 Å². The first-order valence-corrected chi connectivity index (χ1v) is 3.71. The number of nitrogens with one attached hydrogen (secondary N) is 1. The van der Waals surface area contributed by atoms with Crippen LogP contribution in [0.25, 0.3) is 0 Å². The molecule has 0 aliphatic heterocycles. The molecule has 0 amide bonds. The monoisotopic (exact) mass is 170 g/mol. The van der Waals surface area contributed by atoms with Gasteiger partial charge >= 0.3 is 0 Å². The summed E-state index contributed by atoms with van der Waals surface area (Å²) in [5.74, 6) is 0. The van der Waals surface area contributed by atoms with Gasteiger partial charge in [0.1, 0.15) is 0 Å². The van der Waals surface area contributed by atoms with Crippen LogP contribution in [-0.2, 0) is 7.05 Å². The van der Waals surface area contributed by atoms with Gasteiger partial charge in [-0.15, -0.1) is 0 Å². The van der Waals surface area contributed by atoms with Crippen molar-refractivity contribution in [2.45, 2.75) is 13.8 Å². The quantitative estimate of drug-likeness (QED) is 0.591. The zero-order valence-electron chi connectivity index (χ0n) is 6.76. The number of nitrogens with zero attached hydrogens (tertiary/aromatic N) is 1. The second-order valence-corrected chi connectivity index (χ2v) is 2.92. The van der Waals surface area contributed by atoms with Crippen LogP contribution in [0.3, 0.4) is 0 Å². The summed E-state index contributed by atoms with van der Waals surface area (Å²) < 4.78 is 2.25. The van der Waals surface area contributed by atoms with Gasteiger partial charge in [-0.25, -0.2) is 0 Å². The summed E-state index contributed by atoms with van der Waals surface area (Å²) in [6, 6.07) is 0. The van der Waals surface area contributed by atoms with Crippen LogP contribution in [0, 0.1) is 18.6 Å². The maximum absolute atomic E-state index is 11.1. The normalized spacial score (nSPS) is 10.1. The lowest BCUT2D eigenvalue weighted by atomic mass is 10.3. The van der Waals surface area contributed by atoms with Gasteiger partial charge in [-0.2, -0.15) is 0 Å². The van der Waals surface area contributed by atoms with E-state index in [2.05, 4.69) is 4.98 Å². The molecule has 0 aliphatic rings. The first-order chi connectivity index (χ1) is 5.04. The fourth-order valence-corrected chi connectivity index (χ4v) is 1.07. The summed E-state index contributed by atoms with van der Waals surface area (Å²) in [5.41, 5.74) is 1.55. The van der Waals surface area contributed by atoms with E-state index in [-0.39, 0.29) is 5.56 Å². The highest BCUT2D eigenvalue weighted by atomic mass is 32.1. The van der Waals surface area contributed by atoms with Crippen LogP contribution >= 0.6 is 12.2 Å². The van der Waals surface area contributed by atoms with Crippen LogP contribution in [0.5, 0.6) is 0 Å². The molecule has 1 heterocycles. The molecule has 1 aromatic heterocycles. The molecule has 11 heavy (non-hydrogen) atoms. The number of hydrogen-bond acceptors (Lipinski definition) is 2. The molecule has 1 aromatic rings. The summed E-state index contributed by atoms with van der Waals surface area (Å²) in [6.07, 6.45) is 0. The minimum absolute atomic E-state index is 0.0920. The van der Waals surface area contributed by atoms with Crippen molar-refractivity contribution in [3.05, 3.63) is 26.4 Å². The van der Waals surface area contributed by atoms with E-state index in [0.717, 1.165) is 11.3 Å². The molecule has 60 valence electrons. The van der Waals surface area contributed by atoms with Crippen LogP contribution in [0.2, 0.25) is 0 Å². The topological polar surface area (TPSA) is 37.8 Å². The van der Waals surface area contributed by atoms with Crippen LogP contribution in [0.4, 0.5) is 0 Å². The van der Waals surface area contributed by atoms with E-state index >= 15 is 0 Å². The Kier molecular flexibility index (Phi) is 1.95. The van der Waals surface area contributed by atoms with Gasteiger partial charge in [-0.3, -0.25) is 9.78 Å². The van der Waals surface area contributed by atoms with Crippen molar-refractivity contribution in [3.63, 3.8) is 0 Å². The van der Waals surface area contributed by atoms with E-state index in [4.69, 9.17) is 12.2 Å². The largest absolute Gasteiger partial charge is 0.325 e. The molecule has 0 unspecified atom stereocenters. The number of rotatable bonds is 0. The first-order valence-electron chi connectivity index (χ1n) is 3.30. The third kappa shape index (κ3) is 1.26. The van der Waals surface area contributed by atoms with Gasteiger partial charge in [0.25, 0.3) is 5.56 Å². The van der Waals surface area contributed by atoms with Gasteiger partial charge in [0, 0.05) is 18.3 Å². The smallest absolute Gasteiger partial charge is 0.254 e. The van der Waals surface area contributed by atoms with Gasteiger partial charge in [-0.1, -0.05) is 0 Å². The third-order valence-electron chi connectivity index (χ3n) is 1.91. The summed E-state index contributed by atoms with van der Waals surface area (Å²) in [4.78, 5) is 13.6. The van der Waals surface area contributed by atoms with E-state index in [9.17, 15) is 4.79 Å². The summed E-state index contributed by atoms with van der Waals surface area (Å²) in [7, 11) is 1.83. The SMILES string of the molecule is Cc1c(C)n(C)c(=S)[nH]c1=O. The van der Waals surface area contributed by atoms with Gasteiger partial charge in [-0.05, 0) is 26.1 Å². The molecule has 4 heteroatoms. The zero-order valence-corrected chi connectivity index (χ0v) is 7.58. The van der Waals surface area contributed by atoms with Crippen LogP contribution in [0.15, 0.2) is 4.79 Å². The van der Waals surface area contributed by atoms with Crippen molar-refractivity contribution in [2.75, 3.05) is 0 Å². The van der Waals surface area contributed by atoms with Gasteiger partial charge < -0.3 is 4.57 Å². The van der Waals surface area contributed by atoms with Crippen molar-refractivity contribution >= 4 is 12.2 Å². The zero-order chi connectivity index (χ0) is 8.59. The predicted octanol–water partition coefficient (Wildman–Crippen LogP) is 1.06. The Bertz CT molecular complexity index is 354. The summed E-state index contributed by atoms with van der Waals surface area (Å²) in [6.45, 7) is 3.66. The van der Waals surface area contributed by atoms with Gasteiger partial charge in [0.15, 0.2) is 4.77 Å². The lowest BCUT2D eigenvalue weighted by Gasteiger charge is -2.05. The molecule has 0 aromatic carbocycles. The highest BCUT2D eigenvalue weighted by molar-refractivity contribution is 7.71. The lowest BCUT2D eigenvalue weighted by Crippen LogP contribution is -2.17. The van der Waals surface area contributed by atoms with Gasteiger partial charge in [0.2, 0.25) is 0 Å². The number of aromatic nitrogens is 2. The average Bonchev–Trinajstić information content (AvgIpc) is 1.97. The molecule has 0 bridgehead atoms. The summed E-state index contributed by atoms with van der Waals surface area (Å²) >= 11 is 4.90. The van der Waals surface area contributed by atoms with Crippen molar-refractivity contribution in [1.29, 1.82) is 0 Å². The molecule has 0 saturated carbocycles. The minimum Gasteiger partial charge on any atom is -0.325 e. The highest BCUT2D eigenvalue weighted by Crippen LogP contribution is 1.97. The second-order valence-electron chi connectivity index (χ2n) is 2.53. The predicted molar refractivity (Wildman–Crippen MR) is 46.3 cm³/mol. The van der Waals surface area contributed by atoms with Crippen molar-refractivity contribution < 1.29 is 0 Å². The van der Waals surface area contributed by atoms with Crippen molar-refractivity contribution in [1.82, 2.24) is 9.55 Å². The Morgan fingerprint density at radius 2 is 2.00 bits per heavy atom. The molecule has 0 fully saturated rings. The standard InChI is InChI=1S/C7H10N2OS/c1-4-5(2)9(3)7(11)8-6(4)10/h1-3H3,(H,8,10,11). The molecule has 1 rings (SSSR count). The fourth-order valence-electron chi connectivity index (χ4n) is 0.843. The Hall–Kier alpha value is -0.900. The molecule has 3 nitrogen and oxygen atoms in total. The van der Waals surface area contributed by atoms with Gasteiger partial charge in [0.05, 0.1) is 0 Å². The second kappa shape index (κ2) is 2.62. The van der Waals surface area contributed by atoms with E-state index in [0.29, 0.717) is 4.77 Å². The minimum atomic E-state index is -0.0920. The van der Waals surface area contributed by atoms with E-state index < -0.39 is 0 Å². The molecule has 0 spiro atoms. The number of hydrogen-bond donors (Lipinski definition) is 1. The van der Waals surface area contributed by atoms with E-state index in [1.54, 1.807) is 11.5 Å². The van der Waals surface area contributed by atoms with Crippen molar-refractivity contribution in [2.24, 2.45) is 7.05 Å². The highest BCUT2D eigenvalue weighted by Gasteiger charge is 2.00. The molecule has 0 radical (unpaired) electrons. The Morgan fingerprint density at radius 3 is 2.55 bits per heavy atom. The average molecular weight is 170 g/mol. The molecule has 0 aliphatic carbocycles. The van der Waals surface area contributed by atoms with Crippen LogP contribution in [-0.4, -0.2) is 9.55 Å². The third-order valence-corrected chi connectivity index (χ3v) is 2.29. The maximum Gasteiger partial charge on any atom is 0.254 e.